The van der Waals surface area contributed by atoms with E-state index in [1.165, 1.54) is 12.1 Å². The van der Waals surface area contributed by atoms with Gasteiger partial charge in [0.15, 0.2) is 11.6 Å². The van der Waals surface area contributed by atoms with Crippen LogP contribution in [0, 0.1) is 11.6 Å². The summed E-state index contributed by atoms with van der Waals surface area (Å²) < 4.78 is 26.5. The van der Waals surface area contributed by atoms with Gasteiger partial charge in [0.05, 0.1) is 0 Å². The van der Waals surface area contributed by atoms with Crippen molar-refractivity contribution < 1.29 is 18.4 Å². The number of aryl methyl sites for hydroxylation is 1. The molecular weight excluding hydrogens is 278 g/mol. The molecule has 1 aliphatic heterocycles. The standard InChI is InChI=1S/C15H18F2N2O2/c16-11-5-3-4-10(14(11)17)7-8-13(20)19-12-6-1-2-9-18-15(12)21/h3-5,12H,1-2,6-9H2,(H,18,21)(H,19,20). The van der Waals surface area contributed by atoms with E-state index in [0.717, 1.165) is 18.9 Å². The van der Waals surface area contributed by atoms with Crippen molar-refractivity contribution in [2.45, 2.75) is 38.1 Å². The lowest BCUT2D eigenvalue weighted by atomic mass is 10.1. The van der Waals surface area contributed by atoms with Crippen molar-refractivity contribution in [1.29, 1.82) is 0 Å². The van der Waals surface area contributed by atoms with Crippen molar-refractivity contribution in [2.24, 2.45) is 0 Å². The Bertz CT molecular complexity index is 534. The van der Waals surface area contributed by atoms with Crippen LogP contribution in [0.3, 0.4) is 0 Å². The average molecular weight is 296 g/mol. The highest BCUT2D eigenvalue weighted by Gasteiger charge is 2.22. The van der Waals surface area contributed by atoms with Crippen LogP contribution in [0.5, 0.6) is 0 Å². The Kier molecular flexibility index (Phi) is 5.25. The molecule has 0 bridgehead atoms. The Morgan fingerprint density at radius 2 is 2.14 bits per heavy atom. The molecule has 2 N–H and O–H groups in total. The number of benzene rings is 1. The molecule has 1 saturated heterocycles. The number of hydrogen-bond donors (Lipinski definition) is 2. The molecule has 2 rings (SSSR count). The molecule has 0 spiro atoms. The number of carbonyl (C=O) groups excluding carboxylic acids is 2. The van der Waals surface area contributed by atoms with Gasteiger partial charge in [0.25, 0.3) is 0 Å². The second kappa shape index (κ2) is 7.15. The van der Waals surface area contributed by atoms with E-state index >= 15 is 0 Å². The van der Waals surface area contributed by atoms with Gasteiger partial charge in [0.2, 0.25) is 11.8 Å². The summed E-state index contributed by atoms with van der Waals surface area (Å²) in [5.74, 6) is -2.35. The molecule has 1 fully saturated rings. The fourth-order valence-corrected chi connectivity index (χ4v) is 2.33. The molecule has 4 nitrogen and oxygen atoms in total. The van der Waals surface area contributed by atoms with Crippen LogP contribution in [0.25, 0.3) is 0 Å². The molecule has 1 aromatic carbocycles. The summed E-state index contributed by atoms with van der Waals surface area (Å²) in [4.78, 5) is 23.5. The van der Waals surface area contributed by atoms with E-state index in [9.17, 15) is 18.4 Å². The Morgan fingerprint density at radius 3 is 2.95 bits per heavy atom. The first-order chi connectivity index (χ1) is 10.1. The van der Waals surface area contributed by atoms with Gasteiger partial charge < -0.3 is 10.6 Å². The lowest BCUT2D eigenvalue weighted by Gasteiger charge is -2.15. The monoisotopic (exact) mass is 296 g/mol. The summed E-state index contributed by atoms with van der Waals surface area (Å²) in [6, 6.07) is 3.36. The van der Waals surface area contributed by atoms with Gasteiger partial charge in [0.1, 0.15) is 6.04 Å². The first kappa shape index (κ1) is 15.4. The minimum absolute atomic E-state index is 0.0180. The summed E-state index contributed by atoms with van der Waals surface area (Å²) in [7, 11) is 0. The molecule has 1 aromatic rings. The number of nitrogens with one attached hydrogen (secondary N) is 2. The van der Waals surface area contributed by atoms with Crippen LogP contribution in [0.4, 0.5) is 8.78 Å². The molecule has 0 aliphatic carbocycles. The predicted octanol–water partition coefficient (Wildman–Crippen LogP) is 1.68. The summed E-state index contributed by atoms with van der Waals surface area (Å²) in [5.41, 5.74) is 0.162. The number of halogens is 2. The highest BCUT2D eigenvalue weighted by molar-refractivity contribution is 5.87. The van der Waals surface area contributed by atoms with Crippen LogP contribution in [0.1, 0.15) is 31.2 Å². The second-order valence-electron chi connectivity index (χ2n) is 5.12. The fourth-order valence-electron chi connectivity index (χ4n) is 2.33. The van der Waals surface area contributed by atoms with Gasteiger partial charge in [-0.2, -0.15) is 0 Å². The van der Waals surface area contributed by atoms with Crippen molar-refractivity contribution in [3.63, 3.8) is 0 Å². The van der Waals surface area contributed by atoms with E-state index < -0.39 is 17.7 Å². The van der Waals surface area contributed by atoms with E-state index in [-0.39, 0.29) is 30.2 Å². The fraction of sp³-hybridized carbons (Fsp3) is 0.467. The average Bonchev–Trinajstić information content (AvgIpc) is 2.66. The van der Waals surface area contributed by atoms with Crippen LogP contribution in [0.15, 0.2) is 18.2 Å². The maximum Gasteiger partial charge on any atom is 0.242 e. The predicted molar refractivity (Wildman–Crippen MR) is 73.5 cm³/mol. The number of amides is 2. The summed E-state index contributed by atoms with van der Waals surface area (Å²) >= 11 is 0. The zero-order valence-corrected chi connectivity index (χ0v) is 11.6. The second-order valence-corrected chi connectivity index (χ2v) is 5.12. The lowest BCUT2D eigenvalue weighted by Crippen LogP contribution is -2.45. The van der Waals surface area contributed by atoms with Crippen LogP contribution < -0.4 is 10.6 Å². The van der Waals surface area contributed by atoms with Crippen molar-refractivity contribution in [1.82, 2.24) is 10.6 Å². The third kappa shape index (κ3) is 4.24. The molecule has 0 saturated carbocycles. The van der Waals surface area contributed by atoms with Gasteiger partial charge in [-0.15, -0.1) is 0 Å². The number of rotatable bonds is 4. The van der Waals surface area contributed by atoms with Crippen molar-refractivity contribution in [2.75, 3.05) is 6.54 Å². The molecule has 6 heteroatoms. The van der Waals surface area contributed by atoms with Crippen molar-refractivity contribution in [3.8, 4) is 0 Å². The Balaban J connectivity index is 1.87. The molecule has 1 aliphatic rings. The molecule has 1 atom stereocenters. The summed E-state index contributed by atoms with van der Waals surface area (Å²) in [5, 5.41) is 5.37. The van der Waals surface area contributed by atoms with Crippen molar-refractivity contribution >= 4 is 11.8 Å². The molecule has 1 unspecified atom stereocenters. The first-order valence-corrected chi connectivity index (χ1v) is 7.08. The van der Waals surface area contributed by atoms with E-state index in [4.69, 9.17) is 0 Å². The smallest absolute Gasteiger partial charge is 0.242 e. The Labute approximate surface area is 121 Å². The third-order valence-electron chi connectivity index (χ3n) is 3.52. The van der Waals surface area contributed by atoms with Gasteiger partial charge in [-0.3, -0.25) is 9.59 Å². The molecule has 21 heavy (non-hydrogen) atoms. The molecule has 1 heterocycles. The van der Waals surface area contributed by atoms with Crippen LogP contribution in [-0.2, 0) is 16.0 Å². The maximum atomic E-state index is 13.5. The van der Waals surface area contributed by atoms with Gasteiger partial charge in [-0.25, -0.2) is 8.78 Å². The minimum atomic E-state index is -0.920. The SMILES string of the molecule is O=C(CCc1cccc(F)c1F)NC1CCCCNC1=O. The summed E-state index contributed by atoms with van der Waals surface area (Å²) in [6.07, 6.45) is 2.48. The summed E-state index contributed by atoms with van der Waals surface area (Å²) in [6.45, 7) is 0.625. The molecule has 0 aromatic heterocycles. The van der Waals surface area contributed by atoms with E-state index in [2.05, 4.69) is 10.6 Å². The Hall–Kier alpha value is -1.98. The van der Waals surface area contributed by atoms with Crippen LogP contribution in [0.2, 0.25) is 0 Å². The van der Waals surface area contributed by atoms with Crippen LogP contribution in [-0.4, -0.2) is 24.4 Å². The normalized spacial score (nSPS) is 18.8. The van der Waals surface area contributed by atoms with Crippen LogP contribution >= 0.6 is 0 Å². The van der Waals surface area contributed by atoms with E-state index in [1.807, 2.05) is 0 Å². The molecule has 0 radical (unpaired) electrons. The highest BCUT2D eigenvalue weighted by Crippen LogP contribution is 2.13. The van der Waals surface area contributed by atoms with Gasteiger partial charge in [-0.05, 0) is 37.3 Å². The number of hydrogen-bond acceptors (Lipinski definition) is 2. The largest absolute Gasteiger partial charge is 0.354 e. The van der Waals surface area contributed by atoms with Gasteiger partial charge in [-0.1, -0.05) is 12.1 Å². The maximum absolute atomic E-state index is 13.5. The lowest BCUT2D eigenvalue weighted by molar-refractivity contribution is -0.128. The first-order valence-electron chi connectivity index (χ1n) is 7.08. The van der Waals surface area contributed by atoms with Gasteiger partial charge in [0, 0.05) is 13.0 Å². The third-order valence-corrected chi connectivity index (χ3v) is 3.52. The minimum Gasteiger partial charge on any atom is -0.354 e. The molecular formula is C15H18F2N2O2. The van der Waals surface area contributed by atoms with Crippen molar-refractivity contribution in [3.05, 3.63) is 35.4 Å². The molecule has 2 amide bonds. The van der Waals surface area contributed by atoms with Gasteiger partial charge >= 0.3 is 0 Å². The quantitative estimate of drug-likeness (QED) is 0.888. The zero-order chi connectivity index (χ0) is 15.2. The molecule has 114 valence electrons. The van der Waals surface area contributed by atoms with E-state index in [1.54, 1.807) is 0 Å². The Morgan fingerprint density at radius 1 is 1.33 bits per heavy atom. The highest BCUT2D eigenvalue weighted by atomic mass is 19.2. The van der Waals surface area contributed by atoms with E-state index in [0.29, 0.717) is 13.0 Å². The zero-order valence-electron chi connectivity index (χ0n) is 11.6. The topological polar surface area (TPSA) is 58.2 Å². The number of carbonyl (C=O) groups is 2.